The fourth-order valence-corrected chi connectivity index (χ4v) is 3.73. The van der Waals surface area contributed by atoms with Gasteiger partial charge in [-0.15, -0.1) is 0 Å². The molecule has 3 aliphatic rings. The second-order valence-electron chi connectivity index (χ2n) is 6.69. The number of hydrogen-bond acceptors (Lipinski definition) is 5. The summed E-state index contributed by atoms with van der Waals surface area (Å²) in [6.45, 7) is 3.72. The maximum atomic E-state index is 13.0. The molecule has 0 aliphatic carbocycles. The molecule has 3 aliphatic heterocycles. The number of carbonyl (C=O) groups is 2. The van der Waals surface area contributed by atoms with E-state index in [4.69, 9.17) is 14.2 Å². The van der Waals surface area contributed by atoms with Gasteiger partial charge in [-0.05, 0) is 30.2 Å². The van der Waals surface area contributed by atoms with Crippen molar-refractivity contribution in [1.29, 1.82) is 0 Å². The van der Waals surface area contributed by atoms with E-state index in [2.05, 4.69) is 0 Å². The summed E-state index contributed by atoms with van der Waals surface area (Å²) in [4.78, 5) is 30.6. The van der Waals surface area contributed by atoms with Gasteiger partial charge >= 0.3 is 12.1 Å². The highest BCUT2D eigenvalue weighted by Crippen LogP contribution is 2.34. The van der Waals surface area contributed by atoms with Gasteiger partial charge in [0, 0.05) is 26.2 Å². The van der Waals surface area contributed by atoms with Crippen molar-refractivity contribution >= 4 is 17.8 Å². The number of urea groups is 1. The van der Waals surface area contributed by atoms with Crippen LogP contribution in [-0.4, -0.2) is 74.5 Å². The first kappa shape index (κ1) is 17.0. The zero-order valence-corrected chi connectivity index (χ0v) is 14.8. The monoisotopic (exact) mass is 361 g/mol. The molecular formula is C18H23N3O5. The predicted molar refractivity (Wildman–Crippen MR) is 93.4 cm³/mol. The molecule has 8 nitrogen and oxygen atoms in total. The first-order chi connectivity index (χ1) is 12.7. The molecule has 1 aromatic carbocycles. The van der Waals surface area contributed by atoms with Gasteiger partial charge in [-0.1, -0.05) is 0 Å². The Balaban J connectivity index is 1.65. The van der Waals surface area contributed by atoms with E-state index in [1.54, 1.807) is 12.0 Å². The van der Waals surface area contributed by atoms with Crippen molar-refractivity contribution in [2.45, 2.75) is 19.0 Å². The molecule has 140 valence electrons. The highest BCUT2D eigenvalue weighted by molar-refractivity contribution is 5.91. The summed E-state index contributed by atoms with van der Waals surface area (Å²) < 4.78 is 15.9. The third kappa shape index (κ3) is 3.05. The number of nitrogens with zero attached hydrogens (tertiary/aromatic N) is 3. The van der Waals surface area contributed by atoms with Gasteiger partial charge in [0.2, 0.25) is 0 Å². The Hall–Kier alpha value is -2.48. The summed E-state index contributed by atoms with van der Waals surface area (Å²) in [5.41, 5.74) is 1.67. The zero-order chi connectivity index (χ0) is 18.1. The van der Waals surface area contributed by atoms with Gasteiger partial charge in [0.25, 0.3) is 0 Å². The molecule has 0 saturated carbocycles. The van der Waals surface area contributed by atoms with Crippen molar-refractivity contribution in [3.05, 3.63) is 23.8 Å². The van der Waals surface area contributed by atoms with Crippen LogP contribution in [-0.2, 0) is 16.0 Å². The van der Waals surface area contributed by atoms with Crippen LogP contribution in [0.5, 0.6) is 5.75 Å². The van der Waals surface area contributed by atoms with Gasteiger partial charge in [0.1, 0.15) is 12.4 Å². The minimum atomic E-state index is -0.325. The van der Waals surface area contributed by atoms with E-state index >= 15 is 0 Å². The average molecular weight is 361 g/mol. The number of cyclic esters (lactones) is 1. The van der Waals surface area contributed by atoms with Gasteiger partial charge in [-0.3, -0.25) is 4.90 Å². The van der Waals surface area contributed by atoms with Crippen molar-refractivity contribution in [3.8, 4) is 5.75 Å². The topological polar surface area (TPSA) is 71.5 Å². The molecule has 3 heterocycles. The van der Waals surface area contributed by atoms with Crippen LogP contribution in [0.2, 0.25) is 0 Å². The van der Waals surface area contributed by atoms with Crippen LogP contribution in [0.4, 0.5) is 15.3 Å². The minimum absolute atomic E-state index is 0.0146. The van der Waals surface area contributed by atoms with E-state index in [1.165, 1.54) is 0 Å². The fourth-order valence-electron chi connectivity index (χ4n) is 3.73. The number of morpholine rings is 1. The van der Waals surface area contributed by atoms with Crippen LogP contribution in [0, 0.1) is 0 Å². The van der Waals surface area contributed by atoms with Crippen LogP contribution in [0.15, 0.2) is 18.2 Å². The van der Waals surface area contributed by atoms with E-state index < -0.39 is 0 Å². The molecule has 0 unspecified atom stereocenters. The standard InChI is InChI=1S/C18H23N3O5/c1-24-15-2-3-16-13(10-15)11-20(17(22)19-6-8-25-9-7-19)5-4-14-12-26-18(23)21(14)16/h2-3,10,14H,4-9,11-12H2,1H3/t14-/m0/s1. The van der Waals surface area contributed by atoms with Crippen LogP contribution >= 0.6 is 0 Å². The molecular weight excluding hydrogens is 338 g/mol. The van der Waals surface area contributed by atoms with E-state index in [1.807, 2.05) is 28.0 Å². The first-order valence-electron chi connectivity index (χ1n) is 8.92. The quantitative estimate of drug-likeness (QED) is 0.761. The number of rotatable bonds is 1. The molecule has 0 bridgehead atoms. The molecule has 1 atom stereocenters. The summed E-state index contributed by atoms with van der Waals surface area (Å²) in [6, 6.07) is 5.55. The summed E-state index contributed by atoms with van der Waals surface area (Å²) in [5, 5.41) is 0. The largest absolute Gasteiger partial charge is 0.497 e. The van der Waals surface area contributed by atoms with E-state index in [-0.39, 0.29) is 18.2 Å². The number of hydrogen-bond donors (Lipinski definition) is 0. The Morgan fingerprint density at radius 1 is 1.19 bits per heavy atom. The molecule has 3 amide bonds. The van der Waals surface area contributed by atoms with Crippen LogP contribution in [0.3, 0.4) is 0 Å². The Kier molecular flexibility index (Phi) is 4.58. The van der Waals surface area contributed by atoms with Gasteiger partial charge < -0.3 is 24.0 Å². The fraction of sp³-hybridized carbons (Fsp3) is 0.556. The highest BCUT2D eigenvalue weighted by Gasteiger charge is 2.38. The predicted octanol–water partition coefficient (Wildman–Crippen LogP) is 1.68. The number of amides is 3. The lowest BCUT2D eigenvalue weighted by molar-refractivity contribution is 0.0422. The maximum Gasteiger partial charge on any atom is 0.414 e. The number of carbonyl (C=O) groups excluding carboxylic acids is 2. The summed E-state index contributed by atoms with van der Waals surface area (Å²) >= 11 is 0. The van der Waals surface area contributed by atoms with Crippen molar-refractivity contribution in [2.75, 3.05) is 51.5 Å². The second-order valence-corrected chi connectivity index (χ2v) is 6.69. The molecule has 0 radical (unpaired) electrons. The third-order valence-corrected chi connectivity index (χ3v) is 5.15. The van der Waals surface area contributed by atoms with Crippen LogP contribution in [0.25, 0.3) is 0 Å². The van der Waals surface area contributed by atoms with Gasteiger partial charge in [-0.2, -0.15) is 0 Å². The Bertz CT molecular complexity index is 704. The van der Waals surface area contributed by atoms with Gasteiger partial charge in [0.05, 0.1) is 32.1 Å². The molecule has 2 saturated heterocycles. The van der Waals surface area contributed by atoms with E-state index in [0.717, 1.165) is 11.3 Å². The lowest BCUT2D eigenvalue weighted by Crippen LogP contribution is -2.50. The van der Waals surface area contributed by atoms with Crippen molar-refractivity contribution in [1.82, 2.24) is 9.80 Å². The summed E-state index contributed by atoms with van der Waals surface area (Å²) in [6.07, 6.45) is 0.363. The smallest absolute Gasteiger partial charge is 0.414 e. The Labute approximate surface area is 152 Å². The van der Waals surface area contributed by atoms with Crippen LogP contribution < -0.4 is 9.64 Å². The van der Waals surface area contributed by atoms with Gasteiger partial charge in [-0.25, -0.2) is 9.59 Å². The normalized spacial score (nSPS) is 22.9. The molecule has 4 rings (SSSR count). The number of benzene rings is 1. The summed E-state index contributed by atoms with van der Waals surface area (Å²) in [7, 11) is 1.61. The SMILES string of the molecule is COc1ccc2c(c1)CN(C(=O)N1CCOCC1)CC[C@H]1COC(=O)N21. The van der Waals surface area contributed by atoms with Gasteiger partial charge in [0.15, 0.2) is 0 Å². The molecule has 1 aromatic rings. The lowest BCUT2D eigenvalue weighted by atomic mass is 10.1. The second kappa shape index (κ2) is 7.03. The Morgan fingerprint density at radius 2 is 2.00 bits per heavy atom. The number of methoxy groups -OCH3 is 1. The summed E-state index contributed by atoms with van der Waals surface area (Å²) in [5.74, 6) is 0.701. The molecule has 0 spiro atoms. The van der Waals surface area contributed by atoms with E-state index in [0.29, 0.717) is 58.2 Å². The zero-order valence-electron chi connectivity index (χ0n) is 14.8. The minimum Gasteiger partial charge on any atom is -0.497 e. The van der Waals surface area contributed by atoms with Crippen molar-refractivity contribution in [3.63, 3.8) is 0 Å². The van der Waals surface area contributed by atoms with E-state index in [9.17, 15) is 9.59 Å². The van der Waals surface area contributed by atoms with Crippen LogP contribution in [0.1, 0.15) is 12.0 Å². The number of anilines is 1. The lowest BCUT2D eigenvalue weighted by Gasteiger charge is -2.36. The molecule has 0 N–H and O–H groups in total. The first-order valence-corrected chi connectivity index (χ1v) is 8.92. The number of ether oxygens (including phenoxy) is 3. The molecule has 0 aromatic heterocycles. The Morgan fingerprint density at radius 3 is 2.77 bits per heavy atom. The average Bonchev–Trinajstić information content (AvgIpc) is 3.03. The molecule has 26 heavy (non-hydrogen) atoms. The number of fused-ring (bicyclic) bond motifs is 3. The van der Waals surface area contributed by atoms with Crippen molar-refractivity contribution in [2.24, 2.45) is 0 Å². The molecule has 2 fully saturated rings. The maximum absolute atomic E-state index is 13.0. The molecule has 8 heteroatoms. The third-order valence-electron chi connectivity index (χ3n) is 5.15. The highest BCUT2D eigenvalue weighted by atomic mass is 16.6. The van der Waals surface area contributed by atoms with Crippen molar-refractivity contribution < 1.29 is 23.8 Å².